The summed E-state index contributed by atoms with van der Waals surface area (Å²) in [7, 11) is 0. The smallest absolute Gasteiger partial charge is 0.193 e. The van der Waals surface area contributed by atoms with Crippen molar-refractivity contribution in [1.29, 1.82) is 0 Å². The molecule has 5 rings (SSSR count). The van der Waals surface area contributed by atoms with Gasteiger partial charge in [-0.25, -0.2) is 4.57 Å². The number of aromatic nitrogens is 1. The number of phenols is 4. The van der Waals surface area contributed by atoms with E-state index in [9.17, 15) is 20.4 Å². The lowest BCUT2D eigenvalue weighted by molar-refractivity contribution is -0.702. The van der Waals surface area contributed by atoms with E-state index in [0.29, 0.717) is 19.4 Å². The second kappa shape index (κ2) is 10.5. The van der Waals surface area contributed by atoms with Crippen molar-refractivity contribution in [3.63, 3.8) is 0 Å². The Bertz CT molecular complexity index is 1560. The first kappa shape index (κ1) is 23.9. The van der Waals surface area contributed by atoms with Crippen molar-refractivity contribution in [3.8, 4) is 45.3 Å². The maximum Gasteiger partial charge on any atom is 0.193 e. The second-order valence-electron chi connectivity index (χ2n) is 9.15. The fourth-order valence-corrected chi connectivity index (χ4v) is 4.66. The van der Waals surface area contributed by atoms with Crippen LogP contribution in [-0.2, 0) is 19.4 Å². The highest BCUT2D eigenvalue weighted by molar-refractivity contribution is 5.74. The molecule has 1 aromatic heterocycles. The first-order valence-corrected chi connectivity index (χ1v) is 12.2. The van der Waals surface area contributed by atoms with Crippen molar-refractivity contribution >= 4 is 0 Å². The van der Waals surface area contributed by atoms with Crippen LogP contribution in [0.15, 0.2) is 109 Å². The predicted molar refractivity (Wildman–Crippen MR) is 144 cm³/mol. The molecule has 37 heavy (non-hydrogen) atoms. The summed E-state index contributed by atoms with van der Waals surface area (Å²) in [6.45, 7) is 0.635. The van der Waals surface area contributed by atoms with E-state index < -0.39 is 0 Å². The monoisotopic (exact) mass is 490 g/mol. The summed E-state index contributed by atoms with van der Waals surface area (Å²) in [6, 6.07) is 30.9. The zero-order chi connectivity index (χ0) is 25.8. The van der Waals surface area contributed by atoms with Gasteiger partial charge in [0.15, 0.2) is 18.4 Å². The van der Waals surface area contributed by atoms with E-state index in [1.165, 1.54) is 0 Å². The van der Waals surface area contributed by atoms with Crippen molar-refractivity contribution in [2.24, 2.45) is 0 Å². The molecule has 1 heterocycles. The molecule has 184 valence electrons. The van der Waals surface area contributed by atoms with Gasteiger partial charge in [0.1, 0.15) is 23.0 Å². The third-order valence-electron chi connectivity index (χ3n) is 6.42. The van der Waals surface area contributed by atoms with E-state index in [4.69, 9.17) is 0 Å². The fourth-order valence-electron chi connectivity index (χ4n) is 4.66. The number of aromatic hydroxyl groups is 4. The van der Waals surface area contributed by atoms with Crippen molar-refractivity contribution in [2.75, 3.05) is 0 Å². The van der Waals surface area contributed by atoms with Crippen molar-refractivity contribution in [3.05, 3.63) is 126 Å². The summed E-state index contributed by atoms with van der Waals surface area (Å²) in [5.41, 5.74) is 6.58. The van der Waals surface area contributed by atoms with E-state index in [-0.39, 0.29) is 23.0 Å². The lowest BCUT2D eigenvalue weighted by Crippen LogP contribution is -2.40. The molecule has 0 unspecified atom stereocenters. The third-order valence-corrected chi connectivity index (χ3v) is 6.42. The summed E-state index contributed by atoms with van der Waals surface area (Å²) in [5.74, 6) is 0.803. The third kappa shape index (κ3) is 5.73. The minimum Gasteiger partial charge on any atom is -0.508 e. The molecular weight excluding hydrogens is 462 g/mol. The van der Waals surface area contributed by atoms with Crippen LogP contribution in [-0.4, -0.2) is 20.4 Å². The van der Waals surface area contributed by atoms with Crippen LogP contribution in [0.3, 0.4) is 0 Å². The molecule has 0 saturated carbocycles. The molecule has 5 aromatic rings. The highest BCUT2D eigenvalue weighted by Gasteiger charge is 2.22. The standard InChI is InChI=1S/C32H27NO4/c34-27-9-1-5-22(15-27)13-14-33-21-26(24-7-3-11-29(36)18-24)20-31(25-8-4-12-30(37)19-25)32(33)17-23-6-2-10-28(35)16-23/h1-12,15-16,18-21H,13-14,17H2,(H3-,34,35,36,37)/p+1. The molecule has 0 atom stereocenters. The predicted octanol–water partition coefficient (Wildman–Crippen LogP) is 5.96. The number of benzene rings is 4. The number of nitrogens with zero attached hydrogens (tertiary/aromatic N) is 1. The summed E-state index contributed by atoms with van der Waals surface area (Å²) in [4.78, 5) is 0. The molecule has 0 fully saturated rings. The van der Waals surface area contributed by atoms with Gasteiger partial charge >= 0.3 is 0 Å². The van der Waals surface area contributed by atoms with Crippen LogP contribution in [0.1, 0.15) is 16.8 Å². The molecule has 5 heteroatoms. The Balaban J connectivity index is 1.69. The topological polar surface area (TPSA) is 84.8 Å². The summed E-state index contributed by atoms with van der Waals surface area (Å²) in [5, 5.41) is 40.4. The first-order chi connectivity index (χ1) is 17.9. The molecular formula is C32H28NO4+. The lowest BCUT2D eigenvalue weighted by atomic mass is 9.95. The van der Waals surface area contributed by atoms with Gasteiger partial charge in [-0.2, -0.15) is 0 Å². The van der Waals surface area contributed by atoms with Crippen LogP contribution in [0.4, 0.5) is 0 Å². The quantitative estimate of drug-likeness (QED) is 0.212. The second-order valence-corrected chi connectivity index (χ2v) is 9.15. The van der Waals surface area contributed by atoms with Gasteiger partial charge in [-0.3, -0.25) is 0 Å². The molecule has 0 aliphatic heterocycles. The van der Waals surface area contributed by atoms with Gasteiger partial charge in [0, 0.05) is 12.0 Å². The fraction of sp³-hybridized carbons (Fsp3) is 0.0938. The van der Waals surface area contributed by atoms with E-state index in [1.807, 2.05) is 48.5 Å². The summed E-state index contributed by atoms with van der Waals surface area (Å²) < 4.78 is 2.19. The molecule has 5 nitrogen and oxygen atoms in total. The lowest BCUT2D eigenvalue weighted by Gasteiger charge is -2.14. The van der Waals surface area contributed by atoms with Crippen LogP contribution in [0.2, 0.25) is 0 Å². The molecule has 0 aliphatic rings. The van der Waals surface area contributed by atoms with Crippen LogP contribution >= 0.6 is 0 Å². The number of rotatable bonds is 7. The van der Waals surface area contributed by atoms with Gasteiger partial charge in [0.25, 0.3) is 0 Å². The molecule has 0 spiro atoms. The van der Waals surface area contributed by atoms with Crippen molar-refractivity contribution in [2.45, 2.75) is 19.4 Å². The number of aryl methyl sites for hydroxylation is 2. The molecule has 4 N–H and O–H groups in total. The van der Waals surface area contributed by atoms with Gasteiger partial charge in [0.2, 0.25) is 0 Å². The Labute approximate surface area is 215 Å². The molecule has 0 aliphatic carbocycles. The largest absolute Gasteiger partial charge is 0.508 e. The minimum atomic E-state index is 0.176. The average molecular weight is 491 g/mol. The van der Waals surface area contributed by atoms with Gasteiger partial charge in [-0.1, -0.05) is 48.5 Å². The number of pyridine rings is 1. The van der Waals surface area contributed by atoms with E-state index in [0.717, 1.165) is 39.1 Å². The number of hydrogen-bond donors (Lipinski definition) is 4. The minimum absolute atomic E-state index is 0.176. The Morgan fingerprint density at radius 3 is 1.70 bits per heavy atom. The molecule has 0 amide bonds. The zero-order valence-corrected chi connectivity index (χ0v) is 20.2. The van der Waals surface area contributed by atoms with E-state index in [2.05, 4.69) is 16.8 Å². The van der Waals surface area contributed by atoms with Gasteiger partial charge in [-0.05, 0) is 76.9 Å². The first-order valence-electron chi connectivity index (χ1n) is 12.2. The number of hydrogen-bond acceptors (Lipinski definition) is 4. The van der Waals surface area contributed by atoms with Crippen LogP contribution in [0.25, 0.3) is 22.3 Å². The average Bonchev–Trinajstić information content (AvgIpc) is 2.88. The maximum atomic E-state index is 10.3. The van der Waals surface area contributed by atoms with E-state index >= 15 is 0 Å². The zero-order valence-electron chi connectivity index (χ0n) is 20.2. The Morgan fingerprint density at radius 1 is 0.514 bits per heavy atom. The highest BCUT2D eigenvalue weighted by Crippen LogP contribution is 2.32. The number of phenolic OH excluding ortho intramolecular Hbond substituents is 4. The van der Waals surface area contributed by atoms with Crippen molar-refractivity contribution in [1.82, 2.24) is 0 Å². The van der Waals surface area contributed by atoms with Crippen LogP contribution in [0.5, 0.6) is 23.0 Å². The Morgan fingerprint density at radius 2 is 1.05 bits per heavy atom. The summed E-state index contributed by atoms with van der Waals surface area (Å²) >= 11 is 0. The highest BCUT2D eigenvalue weighted by atomic mass is 16.3. The Hall–Kier alpha value is -4.77. The van der Waals surface area contributed by atoms with E-state index in [1.54, 1.807) is 48.5 Å². The Kier molecular flexibility index (Phi) is 6.77. The summed E-state index contributed by atoms with van der Waals surface area (Å²) in [6.07, 6.45) is 3.32. The molecule has 0 radical (unpaired) electrons. The molecule has 0 bridgehead atoms. The van der Waals surface area contributed by atoms with Crippen LogP contribution < -0.4 is 4.57 Å². The maximum absolute atomic E-state index is 10.3. The molecule has 0 saturated heterocycles. The van der Waals surface area contributed by atoms with Gasteiger partial charge in [-0.15, -0.1) is 0 Å². The van der Waals surface area contributed by atoms with Crippen molar-refractivity contribution < 1.29 is 25.0 Å². The van der Waals surface area contributed by atoms with Crippen LogP contribution in [0, 0.1) is 0 Å². The SMILES string of the molecule is Oc1cccc(CC[n+]2cc(-c3cccc(O)c3)cc(-c3cccc(O)c3)c2Cc2cccc(O)c2)c1. The normalized spacial score (nSPS) is 10.9. The van der Waals surface area contributed by atoms with Gasteiger partial charge < -0.3 is 20.4 Å². The van der Waals surface area contributed by atoms with Gasteiger partial charge in [0.05, 0.1) is 12.0 Å². The molecule has 4 aromatic carbocycles.